The van der Waals surface area contributed by atoms with Crippen LogP contribution in [0.25, 0.3) is 0 Å². The molecule has 0 amide bonds. The van der Waals surface area contributed by atoms with Crippen LogP contribution in [0.15, 0.2) is 12.4 Å². The largest absolute Gasteiger partial charge is 0.253 e. The molecule has 0 bridgehead atoms. The lowest BCUT2D eigenvalue weighted by Crippen LogP contribution is -1.98. The molecule has 13 heavy (non-hydrogen) atoms. The summed E-state index contributed by atoms with van der Waals surface area (Å²) in [5, 5.41) is 7.45. The van der Waals surface area contributed by atoms with Gasteiger partial charge in [0.05, 0.1) is 7.54 Å². The summed E-state index contributed by atoms with van der Waals surface area (Å²) in [5.74, 6) is 0. The van der Waals surface area contributed by atoms with Crippen molar-refractivity contribution in [3.8, 4) is 0 Å². The molecule has 0 aliphatic heterocycles. The highest BCUT2D eigenvalue weighted by molar-refractivity contribution is 4.63. The van der Waals surface area contributed by atoms with Crippen molar-refractivity contribution in [3.63, 3.8) is 0 Å². The quantitative estimate of drug-likeness (QED) is 0.607. The van der Waals surface area contributed by atoms with Crippen LogP contribution in [0, 0.1) is 0 Å². The first kappa shape index (κ1) is 8.73. The second-order valence-corrected chi connectivity index (χ2v) is 3.38. The Morgan fingerprint density at radius 1 is 1.23 bits per heavy atom. The van der Waals surface area contributed by atoms with Crippen LogP contribution in [-0.2, 0) is 6.54 Å². The van der Waals surface area contributed by atoms with Crippen LogP contribution in [0.3, 0.4) is 0 Å². The topological polar surface area (TPSA) is 30.7 Å². The van der Waals surface area contributed by atoms with Crippen molar-refractivity contribution in [1.82, 2.24) is 15.0 Å². The monoisotopic (exact) mass is 182 g/mol. The van der Waals surface area contributed by atoms with E-state index in [-0.39, 0.29) is 6.17 Å². The molecule has 0 saturated heterocycles. The van der Waals surface area contributed by atoms with E-state index in [2.05, 4.69) is 17.2 Å². The predicted molar refractivity (Wildman–Crippen MR) is 53.4 cm³/mol. The second kappa shape index (κ2) is 6.63. The fourth-order valence-corrected chi connectivity index (χ4v) is 1.36. The van der Waals surface area contributed by atoms with E-state index >= 15 is 0 Å². The maximum atomic E-state index is 7.19. The van der Waals surface area contributed by atoms with Crippen LogP contribution in [-0.4, -0.2) is 15.0 Å². The van der Waals surface area contributed by atoms with Crippen LogP contribution < -0.4 is 0 Å². The Morgan fingerprint density at radius 2 is 2.00 bits per heavy atom. The fraction of sp³-hybridized carbons (Fsp3) is 0.800. The van der Waals surface area contributed by atoms with Gasteiger partial charge in [-0.25, -0.2) is 0 Å². The average Bonchev–Trinajstić information content (AvgIpc) is 2.58. The van der Waals surface area contributed by atoms with E-state index in [0.29, 0.717) is 0 Å². The van der Waals surface area contributed by atoms with Gasteiger partial charge in [0, 0.05) is 12.7 Å². The van der Waals surface area contributed by atoms with Gasteiger partial charge in [0.25, 0.3) is 0 Å². The third kappa shape index (κ3) is 4.65. The van der Waals surface area contributed by atoms with Crippen LogP contribution in [0.2, 0.25) is 0 Å². The first-order valence-corrected chi connectivity index (χ1v) is 5.19. The van der Waals surface area contributed by atoms with Crippen molar-refractivity contribution in [2.75, 3.05) is 0 Å². The van der Waals surface area contributed by atoms with Gasteiger partial charge in [-0.05, 0) is 6.42 Å². The smallest absolute Gasteiger partial charge is 0.0877 e. The number of nitrogens with zero attached hydrogens (tertiary/aromatic N) is 3. The summed E-state index contributed by atoms with van der Waals surface area (Å²) in [6, 6.07) is 0. The standard InChI is InChI=1S/C10H19N3/c1-2-3-4-5-6-7-9-13-10-8-11-12-13/h8,10H,2-7,9H2,1H3/i8D. The maximum Gasteiger partial charge on any atom is 0.0877 e. The first-order valence-electron chi connectivity index (χ1n) is 5.69. The predicted octanol–water partition coefficient (Wildman–Crippen LogP) is 2.64. The molecular formula is C10H19N3. The lowest BCUT2D eigenvalue weighted by molar-refractivity contribution is 0.516. The molecule has 3 heteroatoms. The van der Waals surface area contributed by atoms with Gasteiger partial charge in [0.15, 0.2) is 0 Å². The number of hydrogen-bond donors (Lipinski definition) is 0. The Bertz CT molecular complexity index is 247. The molecule has 0 N–H and O–H groups in total. The van der Waals surface area contributed by atoms with Crippen LogP contribution in [0.1, 0.15) is 46.8 Å². The summed E-state index contributed by atoms with van der Waals surface area (Å²) in [6.07, 6.45) is 9.64. The summed E-state index contributed by atoms with van der Waals surface area (Å²) < 4.78 is 8.94. The van der Waals surface area contributed by atoms with Crippen molar-refractivity contribution in [2.45, 2.75) is 52.0 Å². The number of hydrogen-bond acceptors (Lipinski definition) is 2. The van der Waals surface area contributed by atoms with Crippen LogP contribution >= 0.6 is 0 Å². The van der Waals surface area contributed by atoms with Crippen LogP contribution in [0.5, 0.6) is 0 Å². The van der Waals surface area contributed by atoms with E-state index in [1.807, 2.05) is 0 Å². The lowest BCUT2D eigenvalue weighted by atomic mass is 10.1. The zero-order chi connectivity index (χ0) is 10.2. The van der Waals surface area contributed by atoms with E-state index in [4.69, 9.17) is 1.37 Å². The fourth-order valence-electron chi connectivity index (χ4n) is 1.36. The Balaban J connectivity index is 1.99. The number of unbranched alkanes of at least 4 members (excludes halogenated alkanes) is 5. The van der Waals surface area contributed by atoms with Crippen molar-refractivity contribution < 1.29 is 1.37 Å². The third-order valence-electron chi connectivity index (χ3n) is 2.16. The highest BCUT2D eigenvalue weighted by atomic mass is 15.4. The molecule has 0 spiro atoms. The molecule has 0 aromatic carbocycles. The van der Waals surface area contributed by atoms with Crippen molar-refractivity contribution >= 4 is 0 Å². The lowest BCUT2D eigenvalue weighted by Gasteiger charge is -2.00. The third-order valence-corrected chi connectivity index (χ3v) is 2.16. The Morgan fingerprint density at radius 3 is 2.69 bits per heavy atom. The Labute approximate surface area is 81.6 Å². The highest BCUT2D eigenvalue weighted by Gasteiger charge is 1.92. The zero-order valence-corrected chi connectivity index (χ0v) is 8.37. The Hall–Kier alpha value is -0.860. The summed E-state index contributed by atoms with van der Waals surface area (Å²) in [7, 11) is 0. The minimum absolute atomic E-state index is 0.260. The molecule has 0 unspecified atom stereocenters. The molecule has 0 radical (unpaired) electrons. The molecule has 0 saturated carbocycles. The van der Waals surface area contributed by atoms with Crippen molar-refractivity contribution in [2.24, 2.45) is 0 Å². The van der Waals surface area contributed by atoms with E-state index in [1.165, 1.54) is 32.1 Å². The molecule has 0 fully saturated rings. The van der Waals surface area contributed by atoms with Crippen molar-refractivity contribution in [3.05, 3.63) is 12.4 Å². The SMILES string of the molecule is [2H]c1cn(CCCCCCCC)nn1. The highest BCUT2D eigenvalue weighted by Crippen LogP contribution is 2.05. The molecule has 3 nitrogen and oxygen atoms in total. The summed E-state index contributed by atoms with van der Waals surface area (Å²) in [4.78, 5) is 0. The molecule has 0 atom stereocenters. The van der Waals surface area contributed by atoms with E-state index < -0.39 is 0 Å². The second-order valence-electron chi connectivity index (χ2n) is 3.38. The number of rotatable bonds is 7. The Kier molecular flexibility index (Phi) is 4.45. The summed E-state index contributed by atoms with van der Waals surface area (Å²) in [5.41, 5.74) is 0. The minimum Gasteiger partial charge on any atom is -0.253 e. The molecule has 0 aliphatic rings. The summed E-state index contributed by atoms with van der Waals surface area (Å²) >= 11 is 0. The normalized spacial score (nSPS) is 11.6. The van der Waals surface area contributed by atoms with Gasteiger partial charge in [-0.1, -0.05) is 44.2 Å². The van der Waals surface area contributed by atoms with E-state index in [9.17, 15) is 0 Å². The molecule has 1 aromatic heterocycles. The molecule has 1 rings (SSSR count). The van der Waals surface area contributed by atoms with E-state index in [1.54, 1.807) is 10.9 Å². The zero-order valence-electron chi connectivity index (χ0n) is 9.37. The van der Waals surface area contributed by atoms with Gasteiger partial charge >= 0.3 is 0 Å². The van der Waals surface area contributed by atoms with E-state index in [0.717, 1.165) is 13.0 Å². The molecule has 0 aliphatic carbocycles. The number of aryl methyl sites for hydroxylation is 1. The van der Waals surface area contributed by atoms with Gasteiger partial charge in [-0.15, -0.1) is 5.10 Å². The first-order chi connectivity index (χ1) is 6.83. The summed E-state index contributed by atoms with van der Waals surface area (Å²) in [6.45, 7) is 3.13. The van der Waals surface area contributed by atoms with Crippen LogP contribution in [0.4, 0.5) is 0 Å². The minimum atomic E-state index is 0.260. The average molecular weight is 182 g/mol. The van der Waals surface area contributed by atoms with Gasteiger partial charge in [-0.2, -0.15) is 0 Å². The van der Waals surface area contributed by atoms with Gasteiger partial charge in [0.2, 0.25) is 0 Å². The van der Waals surface area contributed by atoms with Crippen molar-refractivity contribution in [1.29, 1.82) is 0 Å². The molecule has 1 aromatic rings. The molecular weight excluding hydrogens is 162 g/mol. The molecule has 74 valence electrons. The van der Waals surface area contributed by atoms with Gasteiger partial charge < -0.3 is 0 Å². The van der Waals surface area contributed by atoms with Gasteiger partial charge in [0.1, 0.15) is 0 Å². The number of aromatic nitrogens is 3. The van der Waals surface area contributed by atoms with Gasteiger partial charge in [-0.3, -0.25) is 4.68 Å². The maximum absolute atomic E-state index is 7.19. The molecule has 1 heterocycles.